The zero-order valence-electron chi connectivity index (χ0n) is 22.2. The van der Waals surface area contributed by atoms with Crippen LogP contribution in [0.25, 0.3) is 0 Å². The maximum Gasteiger partial charge on any atom is 0.264 e. The van der Waals surface area contributed by atoms with Crippen LogP contribution in [0.2, 0.25) is 5.02 Å². The Morgan fingerprint density at radius 3 is 2.31 bits per heavy atom. The monoisotopic (exact) mass is 633 g/mol. The molecule has 3 rings (SSSR count). The molecule has 1 N–H and O–H groups in total. The summed E-state index contributed by atoms with van der Waals surface area (Å²) in [4.78, 5) is 28.6. The number of nitrogens with zero attached hydrogens (tertiary/aromatic N) is 2. The smallest absolute Gasteiger partial charge is 0.264 e. The third-order valence-corrected chi connectivity index (χ3v) is 8.87. The van der Waals surface area contributed by atoms with E-state index >= 15 is 0 Å². The lowest BCUT2D eigenvalue weighted by Gasteiger charge is -2.33. The predicted octanol–water partition coefficient (Wildman–Crippen LogP) is 5.94. The van der Waals surface area contributed by atoms with Crippen LogP contribution in [0.1, 0.15) is 37.8 Å². The fraction of sp³-hybridized carbons (Fsp3) is 0.310. The summed E-state index contributed by atoms with van der Waals surface area (Å²) in [6.07, 6.45) is 1.08. The Morgan fingerprint density at radius 2 is 1.69 bits per heavy atom. The van der Waals surface area contributed by atoms with Crippen LogP contribution in [-0.4, -0.2) is 44.3 Å². The average molecular weight is 635 g/mol. The Morgan fingerprint density at radius 1 is 1.00 bits per heavy atom. The lowest BCUT2D eigenvalue weighted by Crippen LogP contribution is -2.52. The summed E-state index contributed by atoms with van der Waals surface area (Å²) >= 11 is 9.82. The summed E-state index contributed by atoms with van der Waals surface area (Å²) in [5.41, 5.74) is 1.89. The van der Waals surface area contributed by atoms with Gasteiger partial charge in [0.25, 0.3) is 10.0 Å². The molecule has 0 spiro atoms. The van der Waals surface area contributed by atoms with Gasteiger partial charge in [0.2, 0.25) is 11.8 Å². The number of amides is 2. The van der Waals surface area contributed by atoms with E-state index in [2.05, 4.69) is 21.2 Å². The summed E-state index contributed by atoms with van der Waals surface area (Å²) in [5.74, 6) is -0.820. The van der Waals surface area contributed by atoms with Crippen molar-refractivity contribution in [2.75, 3.05) is 17.4 Å². The number of carbonyl (C=O) groups excluding carboxylic acids is 2. The first kappa shape index (κ1) is 30.7. The Hall–Kier alpha value is -2.88. The molecule has 2 amide bonds. The number of sulfonamides is 1. The second-order valence-corrected chi connectivity index (χ2v) is 12.3. The molecule has 0 aliphatic heterocycles. The van der Waals surface area contributed by atoms with E-state index in [4.69, 9.17) is 11.6 Å². The Bertz CT molecular complexity index is 1400. The van der Waals surface area contributed by atoms with Crippen molar-refractivity contribution < 1.29 is 18.0 Å². The second-order valence-electron chi connectivity index (χ2n) is 9.13. The lowest BCUT2D eigenvalue weighted by molar-refractivity contribution is -0.140. The van der Waals surface area contributed by atoms with Gasteiger partial charge in [-0.2, -0.15) is 0 Å². The van der Waals surface area contributed by atoms with Crippen LogP contribution in [0, 0.1) is 6.92 Å². The van der Waals surface area contributed by atoms with E-state index in [-0.39, 0.29) is 17.3 Å². The third kappa shape index (κ3) is 7.84. The van der Waals surface area contributed by atoms with Crippen molar-refractivity contribution >= 4 is 55.1 Å². The average Bonchev–Trinajstić information content (AvgIpc) is 2.91. The van der Waals surface area contributed by atoms with Gasteiger partial charge >= 0.3 is 0 Å². The van der Waals surface area contributed by atoms with E-state index < -0.39 is 28.5 Å². The van der Waals surface area contributed by atoms with Crippen LogP contribution in [0.3, 0.4) is 0 Å². The first-order chi connectivity index (χ1) is 18.6. The van der Waals surface area contributed by atoms with Crippen LogP contribution in [0.4, 0.5) is 5.69 Å². The number of rotatable bonds is 12. The number of hydrogen-bond acceptors (Lipinski definition) is 4. The summed E-state index contributed by atoms with van der Waals surface area (Å²) in [7, 11) is -4.13. The van der Waals surface area contributed by atoms with Crippen LogP contribution in [0.15, 0.2) is 82.2 Å². The standard InChI is InChI=1S/C29H33BrClN3O4S/c1-4-17-32-29(36)27(5-2)33(19-22-9-6-7-12-26(22)31)28(35)20-34(24-11-8-10-23(30)18-24)39(37,38)25-15-13-21(3)14-16-25/h6-16,18,27H,4-5,17,19-20H2,1-3H3,(H,32,36)/t27-/m1/s1. The van der Waals surface area contributed by atoms with Gasteiger partial charge in [0.1, 0.15) is 12.6 Å². The van der Waals surface area contributed by atoms with Crippen LogP contribution < -0.4 is 9.62 Å². The first-order valence-corrected chi connectivity index (χ1v) is 15.3. The first-order valence-electron chi connectivity index (χ1n) is 12.7. The van der Waals surface area contributed by atoms with Crippen molar-refractivity contribution in [1.82, 2.24) is 10.2 Å². The van der Waals surface area contributed by atoms with Gasteiger partial charge in [-0.25, -0.2) is 8.42 Å². The normalized spacial score (nSPS) is 12.0. The summed E-state index contributed by atoms with van der Waals surface area (Å²) in [6, 6.07) is 19.5. The molecule has 208 valence electrons. The highest BCUT2D eigenvalue weighted by atomic mass is 79.9. The van der Waals surface area contributed by atoms with Gasteiger partial charge in [0, 0.05) is 22.6 Å². The number of anilines is 1. The van der Waals surface area contributed by atoms with E-state index in [0.717, 1.165) is 16.3 Å². The molecule has 10 heteroatoms. The lowest BCUT2D eigenvalue weighted by atomic mass is 10.1. The number of hydrogen-bond donors (Lipinski definition) is 1. The predicted molar refractivity (Wildman–Crippen MR) is 159 cm³/mol. The minimum Gasteiger partial charge on any atom is -0.354 e. The maximum absolute atomic E-state index is 14.0. The van der Waals surface area contributed by atoms with Gasteiger partial charge in [-0.15, -0.1) is 0 Å². The van der Waals surface area contributed by atoms with Crippen LogP contribution >= 0.6 is 27.5 Å². The van der Waals surface area contributed by atoms with Crippen LogP contribution in [-0.2, 0) is 26.2 Å². The molecule has 3 aromatic rings. The Balaban J connectivity index is 2.06. The van der Waals surface area contributed by atoms with Crippen molar-refractivity contribution in [3.05, 3.63) is 93.4 Å². The number of aryl methyl sites for hydroxylation is 1. The van der Waals surface area contributed by atoms with Crippen molar-refractivity contribution in [2.24, 2.45) is 0 Å². The molecule has 0 saturated carbocycles. The number of halogens is 2. The summed E-state index contributed by atoms with van der Waals surface area (Å²) in [5, 5.41) is 3.32. The van der Waals surface area contributed by atoms with Gasteiger partial charge in [0.15, 0.2) is 0 Å². The zero-order chi connectivity index (χ0) is 28.6. The molecule has 0 aliphatic carbocycles. The largest absolute Gasteiger partial charge is 0.354 e. The molecule has 0 saturated heterocycles. The van der Waals surface area contributed by atoms with E-state index in [0.29, 0.717) is 33.7 Å². The molecular formula is C29H33BrClN3O4S. The quantitative estimate of drug-likeness (QED) is 0.267. The molecule has 3 aromatic carbocycles. The molecule has 0 aliphatic rings. The van der Waals surface area contributed by atoms with Gasteiger partial charge in [-0.05, 0) is 61.7 Å². The molecule has 0 heterocycles. The van der Waals surface area contributed by atoms with E-state index in [1.54, 1.807) is 60.7 Å². The molecule has 0 unspecified atom stereocenters. The van der Waals surface area contributed by atoms with Gasteiger partial charge in [0.05, 0.1) is 10.6 Å². The zero-order valence-corrected chi connectivity index (χ0v) is 25.4. The molecule has 0 radical (unpaired) electrons. The number of carbonyl (C=O) groups is 2. The van der Waals surface area contributed by atoms with Crippen molar-refractivity contribution in [1.29, 1.82) is 0 Å². The van der Waals surface area contributed by atoms with Crippen LogP contribution in [0.5, 0.6) is 0 Å². The molecule has 1 atom stereocenters. The molecule has 0 bridgehead atoms. The van der Waals surface area contributed by atoms with Gasteiger partial charge < -0.3 is 10.2 Å². The fourth-order valence-corrected chi connectivity index (χ4v) is 6.08. The van der Waals surface area contributed by atoms with E-state index in [9.17, 15) is 18.0 Å². The van der Waals surface area contributed by atoms with Crippen molar-refractivity contribution in [3.63, 3.8) is 0 Å². The number of nitrogens with one attached hydrogen (secondary N) is 1. The Kier molecular flexibility index (Phi) is 11.0. The SMILES string of the molecule is CCCNC(=O)[C@@H](CC)N(Cc1ccccc1Cl)C(=O)CN(c1cccc(Br)c1)S(=O)(=O)c1ccc(C)cc1. The molecule has 7 nitrogen and oxygen atoms in total. The molecule has 0 aromatic heterocycles. The third-order valence-electron chi connectivity index (χ3n) is 6.22. The van der Waals surface area contributed by atoms with E-state index in [1.165, 1.54) is 17.0 Å². The number of benzene rings is 3. The minimum atomic E-state index is -4.13. The fourth-order valence-electron chi connectivity index (χ4n) is 4.09. The maximum atomic E-state index is 14.0. The highest BCUT2D eigenvalue weighted by Crippen LogP contribution is 2.28. The van der Waals surface area contributed by atoms with Gasteiger partial charge in [-0.3, -0.25) is 13.9 Å². The topological polar surface area (TPSA) is 86.8 Å². The summed E-state index contributed by atoms with van der Waals surface area (Å²) in [6.45, 7) is 5.64. The highest BCUT2D eigenvalue weighted by Gasteiger charge is 2.33. The highest BCUT2D eigenvalue weighted by molar-refractivity contribution is 9.10. The van der Waals surface area contributed by atoms with Crippen molar-refractivity contribution in [3.8, 4) is 0 Å². The van der Waals surface area contributed by atoms with E-state index in [1.807, 2.05) is 20.8 Å². The molecule has 39 heavy (non-hydrogen) atoms. The molecular weight excluding hydrogens is 602 g/mol. The minimum absolute atomic E-state index is 0.0491. The van der Waals surface area contributed by atoms with Crippen molar-refractivity contribution in [2.45, 2.75) is 51.1 Å². The Labute approximate surface area is 244 Å². The summed E-state index contributed by atoms with van der Waals surface area (Å²) < 4.78 is 29.5. The van der Waals surface area contributed by atoms with Gasteiger partial charge in [-0.1, -0.05) is 83.3 Å². The second kappa shape index (κ2) is 14.0. The molecule has 0 fully saturated rings.